The van der Waals surface area contributed by atoms with Gasteiger partial charge in [0.2, 0.25) is 5.91 Å². The van der Waals surface area contributed by atoms with E-state index in [9.17, 15) is 4.79 Å². The summed E-state index contributed by atoms with van der Waals surface area (Å²) >= 11 is 6.48. The van der Waals surface area contributed by atoms with Crippen molar-refractivity contribution >= 4 is 23.2 Å². The predicted octanol–water partition coefficient (Wildman–Crippen LogP) is 6.58. The van der Waals surface area contributed by atoms with Crippen molar-refractivity contribution in [1.82, 2.24) is 0 Å². The van der Waals surface area contributed by atoms with E-state index >= 15 is 0 Å². The van der Waals surface area contributed by atoms with E-state index in [4.69, 9.17) is 16.3 Å². The highest BCUT2D eigenvalue weighted by Gasteiger charge is 2.43. The molecule has 28 heavy (non-hydrogen) atoms. The lowest BCUT2D eigenvalue weighted by Crippen LogP contribution is -2.38. The van der Waals surface area contributed by atoms with E-state index in [1.165, 1.54) is 0 Å². The fraction of sp³-hybridized carbons (Fsp3) is 0.458. The molecule has 3 rings (SSSR count). The molecule has 1 aliphatic carbocycles. The average molecular weight is 400 g/mol. The second-order valence-electron chi connectivity index (χ2n) is 8.00. The zero-order chi connectivity index (χ0) is 20.3. The van der Waals surface area contributed by atoms with Crippen LogP contribution in [0, 0.1) is 13.8 Å². The van der Waals surface area contributed by atoms with Crippen LogP contribution in [0.15, 0.2) is 36.4 Å². The number of anilines is 1. The van der Waals surface area contributed by atoms with Crippen molar-refractivity contribution < 1.29 is 9.53 Å². The highest BCUT2D eigenvalue weighted by molar-refractivity contribution is 6.31. The monoisotopic (exact) mass is 399 g/mol. The molecule has 0 unspecified atom stereocenters. The van der Waals surface area contributed by atoms with Gasteiger partial charge in [0.05, 0.1) is 11.5 Å². The molecule has 1 N–H and O–H groups in total. The van der Waals surface area contributed by atoms with Crippen LogP contribution in [-0.2, 0) is 10.2 Å². The molecule has 2 aromatic carbocycles. The number of amides is 1. The van der Waals surface area contributed by atoms with E-state index < -0.39 is 5.41 Å². The highest BCUT2D eigenvalue weighted by Crippen LogP contribution is 2.44. The molecule has 1 aliphatic rings. The number of carbonyl (C=O) groups excluding carboxylic acids is 1. The van der Waals surface area contributed by atoms with Crippen LogP contribution in [0.3, 0.4) is 0 Å². The Hall–Kier alpha value is -2.00. The Labute approximate surface area is 173 Å². The smallest absolute Gasteiger partial charge is 0.235 e. The van der Waals surface area contributed by atoms with E-state index in [0.717, 1.165) is 60.2 Å². The quantitative estimate of drug-likeness (QED) is 0.595. The van der Waals surface area contributed by atoms with Gasteiger partial charge in [-0.15, -0.1) is 0 Å². The maximum absolute atomic E-state index is 13.4. The topological polar surface area (TPSA) is 38.3 Å². The number of aryl methyl sites for hydroxylation is 2. The van der Waals surface area contributed by atoms with Crippen molar-refractivity contribution in [1.29, 1.82) is 0 Å². The molecule has 1 atom stereocenters. The lowest BCUT2D eigenvalue weighted by atomic mass is 9.78. The third-order valence-electron chi connectivity index (χ3n) is 5.89. The molecule has 2 aromatic rings. The van der Waals surface area contributed by atoms with E-state index in [2.05, 4.69) is 19.2 Å². The first kappa shape index (κ1) is 20.7. The fourth-order valence-corrected chi connectivity index (χ4v) is 4.51. The van der Waals surface area contributed by atoms with Gasteiger partial charge >= 0.3 is 0 Å². The Kier molecular flexibility index (Phi) is 6.34. The maximum Gasteiger partial charge on any atom is 0.235 e. The van der Waals surface area contributed by atoms with E-state index in [-0.39, 0.29) is 12.0 Å². The molecular weight excluding hydrogens is 370 g/mol. The van der Waals surface area contributed by atoms with Crippen molar-refractivity contribution in [3.8, 4) is 5.75 Å². The van der Waals surface area contributed by atoms with Gasteiger partial charge in [-0.3, -0.25) is 4.79 Å². The summed E-state index contributed by atoms with van der Waals surface area (Å²) in [5.74, 6) is 0.946. The van der Waals surface area contributed by atoms with Gasteiger partial charge in [-0.1, -0.05) is 49.6 Å². The van der Waals surface area contributed by atoms with E-state index in [1.54, 1.807) is 0 Å². The minimum absolute atomic E-state index is 0.0347. The molecule has 3 nitrogen and oxygen atoms in total. The van der Waals surface area contributed by atoms with Gasteiger partial charge in [-0.25, -0.2) is 0 Å². The summed E-state index contributed by atoms with van der Waals surface area (Å²) in [6, 6.07) is 11.7. The third-order valence-corrected chi connectivity index (χ3v) is 6.22. The molecule has 4 heteroatoms. The first-order valence-electron chi connectivity index (χ1n) is 10.2. The van der Waals surface area contributed by atoms with Gasteiger partial charge in [0, 0.05) is 10.7 Å². The molecule has 0 aliphatic heterocycles. The molecule has 1 saturated carbocycles. The first-order valence-corrected chi connectivity index (χ1v) is 10.6. The molecule has 150 valence electrons. The fourth-order valence-electron chi connectivity index (χ4n) is 4.19. The van der Waals surface area contributed by atoms with Gasteiger partial charge in [0.25, 0.3) is 0 Å². The number of carbonyl (C=O) groups is 1. The number of benzene rings is 2. The van der Waals surface area contributed by atoms with Gasteiger partial charge in [0.15, 0.2) is 0 Å². The number of halogens is 1. The second kappa shape index (κ2) is 8.57. The molecular formula is C24H30ClNO2. The average Bonchev–Trinajstić information content (AvgIpc) is 3.16. The molecule has 0 radical (unpaired) electrons. The van der Waals surface area contributed by atoms with Crippen LogP contribution in [0.4, 0.5) is 5.69 Å². The van der Waals surface area contributed by atoms with Crippen LogP contribution in [0.1, 0.15) is 62.6 Å². The lowest BCUT2D eigenvalue weighted by Gasteiger charge is -2.29. The summed E-state index contributed by atoms with van der Waals surface area (Å²) in [7, 11) is 0. The van der Waals surface area contributed by atoms with Crippen molar-refractivity contribution in [2.24, 2.45) is 0 Å². The Morgan fingerprint density at radius 2 is 1.79 bits per heavy atom. The summed E-state index contributed by atoms with van der Waals surface area (Å²) in [5, 5.41) is 3.84. The minimum Gasteiger partial charge on any atom is -0.490 e. The number of ether oxygens (including phenoxy) is 1. The largest absolute Gasteiger partial charge is 0.490 e. The normalized spacial score (nSPS) is 16.6. The molecule has 0 aromatic heterocycles. The summed E-state index contributed by atoms with van der Waals surface area (Å²) in [4.78, 5) is 13.4. The van der Waals surface area contributed by atoms with Gasteiger partial charge < -0.3 is 10.1 Å². The van der Waals surface area contributed by atoms with Gasteiger partial charge in [-0.2, -0.15) is 0 Å². The number of nitrogens with one attached hydrogen (secondary N) is 1. The molecule has 0 heterocycles. The number of hydrogen-bond donors (Lipinski definition) is 1. The molecule has 0 bridgehead atoms. The van der Waals surface area contributed by atoms with Crippen LogP contribution in [0.25, 0.3) is 0 Å². The second-order valence-corrected chi connectivity index (χ2v) is 8.41. The van der Waals surface area contributed by atoms with E-state index in [1.807, 2.05) is 50.2 Å². The number of rotatable bonds is 6. The van der Waals surface area contributed by atoms with E-state index in [0.29, 0.717) is 5.02 Å². The van der Waals surface area contributed by atoms with Crippen LogP contribution in [-0.4, -0.2) is 12.0 Å². The minimum atomic E-state index is -0.550. The summed E-state index contributed by atoms with van der Waals surface area (Å²) in [6.45, 7) is 8.24. The third kappa shape index (κ3) is 4.05. The van der Waals surface area contributed by atoms with Crippen molar-refractivity contribution in [2.45, 2.75) is 71.3 Å². The first-order chi connectivity index (χ1) is 13.4. The van der Waals surface area contributed by atoms with Gasteiger partial charge in [-0.05, 0) is 74.9 Å². The zero-order valence-corrected chi connectivity index (χ0v) is 18.0. The van der Waals surface area contributed by atoms with Crippen molar-refractivity contribution in [3.63, 3.8) is 0 Å². The standard InChI is InChI=1S/C24H30ClNO2/c1-5-18(4)28-22-16(2)14-19(15-17(22)3)26-23(27)24(12-8-9-13-24)20-10-6-7-11-21(20)25/h6-7,10-11,14-15,18H,5,8-9,12-13H2,1-4H3,(H,26,27)/t18-/m0/s1. The van der Waals surface area contributed by atoms with Crippen LogP contribution >= 0.6 is 11.6 Å². The molecule has 1 fully saturated rings. The van der Waals surface area contributed by atoms with Crippen LogP contribution in [0.2, 0.25) is 5.02 Å². The van der Waals surface area contributed by atoms with Crippen LogP contribution < -0.4 is 10.1 Å². The Balaban J connectivity index is 1.88. The maximum atomic E-state index is 13.4. The zero-order valence-electron chi connectivity index (χ0n) is 17.3. The van der Waals surface area contributed by atoms with Crippen molar-refractivity contribution in [3.05, 3.63) is 58.1 Å². The number of hydrogen-bond acceptors (Lipinski definition) is 2. The van der Waals surface area contributed by atoms with Crippen molar-refractivity contribution in [2.75, 3.05) is 5.32 Å². The Morgan fingerprint density at radius 1 is 1.18 bits per heavy atom. The Bertz CT molecular complexity index is 832. The molecule has 0 spiro atoms. The Morgan fingerprint density at radius 3 is 2.36 bits per heavy atom. The van der Waals surface area contributed by atoms with Gasteiger partial charge in [0.1, 0.15) is 5.75 Å². The SMILES string of the molecule is CC[C@H](C)Oc1c(C)cc(NC(=O)C2(c3ccccc3Cl)CCCC2)cc1C. The molecule has 1 amide bonds. The summed E-state index contributed by atoms with van der Waals surface area (Å²) < 4.78 is 6.06. The van der Waals surface area contributed by atoms with Crippen LogP contribution in [0.5, 0.6) is 5.75 Å². The predicted molar refractivity (Wildman–Crippen MR) is 117 cm³/mol. The molecule has 0 saturated heterocycles. The summed E-state index contributed by atoms with van der Waals surface area (Å²) in [5.41, 5.74) is 3.28. The lowest BCUT2D eigenvalue weighted by molar-refractivity contribution is -0.121. The summed E-state index contributed by atoms with van der Waals surface area (Å²) in [6.07, 6.45) is 4.86. The highest BCUT2D eigenvalue weighted by atomic mass is 35.5.